The van der Waals surface area contributed by atoms with Crippen LogP contribution in [-0.4, -0.2) is 36.5 Å². The van der Waals surface area contributed by atoms with Crippen LogP contribution in [0.2, 0.25) is 0 Å². The number of nitrogens with one attached hydrogen (secondary N) is 1. The van der Waals surface area contributed by atoms with E-state index >= 15 is 0 Å². The topological polar surface area (TPSA) is 108 Å². The maximum absolute atomic E-state index is 12.0. The van der Waals surface area contributed by atoms with Gasteiger partial charge < -0.3 is 20.5 Å². The van der Waals surface area contributed by atoms with Gasteiger partial charge in [-0.3, -0.25) is 9.59 Å². The summed E-state index contributed by atoms with van der Waals surface area (Å²) < 4.78 is 11.8. The molecule has 0 unspecified atom stereocenters. The molecule has 3 N–H and O–H groups in total. The molecule has 1 aromatic carbocycles. The maximum Gasteiger partial charge on any atom is 0.290 e. The van der Waals surface area contributed by atoms with Crippen LogP contribution in [-0.2, 0) is 13.5 Å². The highest BCUT2D eigenvalue weighted by atomic mass is 16.5. The predicted octanol–water partition coefficient (Wildman–Crippen LogP) is 0.551. The zero-order valence-corrected chi connectivity index (χ0v) is 13.8. The van der Waals surface area contributed by atoms with Gasteiger partial charge in [0.2, 0.25) is 5.88 Å². The summed E-state index contributed by atoms with van der Waals surface area (Å²) in [6, 6.07) is 7.55. The van der Waals surface area contributed by atoms with Crippen molar-refractivity contribution in [1.82, 2.24) is 9.78 Å². The zero-order valence-electron chi connectivity index (χ0n) is 13.8. The first-order chi connectivity index (χ1) is 11.5. The molecule has 2 aromatic rings. The molecule has 8 heteroatoms. The van der Waals surface area contributed by atoms with Crippen molar-refractivity contribution in [3.8, 4) is 11.6 Å². The molecular weight excluding hydrogens is 312 g/mol. The van der Waals surface area contributed by atoms with Crippen LogP contribution in [0.15, 0.2) is 29.1 Å². The Hall–Kier alpha value is -3.03. The monoisotopic (exact) mass is 332 g/mol. The Morgan fingerprint density at radius 1 is 1.33 bits per heavy atom. The SMILES string of the molecule is CNc1c(C(N)=O)c(OCCc2ccc(OC)cc2)nn(C)c1=O. The number of aryl methyl sites for hydroxylation is 1. The molecule has 1 heterocycles. The molecule has 8 nitrogen and oxygen atoms in total. The third-order valence-corrected chi connectivity index (χ3v) is 3.50. The lowest BCUT2D eigenvalue weighted by atomic mass is 10.1. The molecule has 0 atom stereocenters. The Balaban J connectivity index is 2.18. The Morgan fingerprint density at radius 3 is 2.54 bits per heavy atom. The Bertz CT molecular complexity index is 784. The Kier molecular flexibility index (Phi) is 5.41. The summed E-state index contributed by atoms with van der Waals surface area (Å²) in [6.07, 6.45) is 0.599. The number of amides is 1. The molecule has 0 aliphatic rings. The van der Waals surface area contributed by atoms with Gasteiger partial charge in [-0.05, 0) is 17.7 Å². The Morgan fingerprint density at radius 2 is 2.00 bits per heavy atom. The van der Waals surface area contributed by atoms with E-state index in [0.29, 0.717) is 6.42 Å². The number of nitrogens with zero attached hydrogens (tertiary/aromatic N) is 2. The summed E-state index contributed by atoms with van der Waals surface area (Å²) in [6.45, 7) is 0.279. The second-order valence-corrected chi connectivity index (χ2v) is 5.04. The lowest BCUT2D eigenvalue weighted by molar-refractivity contribution is 0.0995. The van der Waals surface area contributed by atoms with E-state index in [9.17, 15) is 9.59 Å². The first-order valence-electron chi connectivity index (χ1n) is 7.32. The molecule has 0 fully saturated rings. The van der Waals surface area contributed by atoms with Gasteiger partial charge in [0.1, 0.15) is 17.0 Å². The Labute approximate surface area is 139 Å². The number of rotatable bonds is 7. The van der Waals surface area contributed by atoms with Crippen molar-refractivity contribution in [3.63, 3.8) is 0 Å². The number of nitrogens with two attached hydrogens (primary N) is 1. The number of hydrogen-bond acceptors (Lipinski definition) is 6. The smallest absolute Gasteiger partial charge is 0.290 e. The number of benzene rings is 1. The summed E-state index contributed by atoms with van der Waals surface area (Å²) in [7, 11) is 4.61. The van der Waals surface area contributed by atoms with Gasteiger partial charge in [-0.25, -0.2) is 4.68 Å². The maximum atomic E-state index is 12.0. The van der Waals surface area contributed by atoms with E-state index in [-0.39, 0.29) is 23.7 Å². The fourth-order valence-corrected chi connectivity index (χ4v) is 2.23. The summed E-state index contributed by atoms with van der Waals surface area (Å²) in [5.74, 6) is 0.0283. The number of methoxy groups -OCH3 is 1. The number of ether oxygens (including phenoxy) is 2. The van der Waals surface area contributed by atoms with E-state index in [2.05, 4.69) is 10.4 Å². The van der Waals surface area contributed by atoms with E-state index in [4.69, 9.17) is 15.2 Å². The summed E-state index contributed by atoms with van der Waals surface area (Å²) >= 11 is 0. The van der Waals surface area contributed by atoms with E-state index in [0.717, 1.165) is 16.0 Å². The molecule has 1 aromatic heterocycles. The molecule has 128 valence electrons. The lowest BCUT2D eigenvalue weighted by Gasteiger charge is -2.13. The van der Waals surface area contributed by atoms with E-state index in [1.54, 1.807) is 7.11 Å². The number of aromatic nitrogens is 2. The number of hydrogen-bond donors (Lipinski definition) is 2. The van der Waals surface area contributed by atoms with Crippen LogP contribution in [0.4, 0.5) is 5.69 Å². The molecule has 0 radical (unpaired) electrons. The van der Waals surface area contributed by atoms with Crippen LogP contribution < -0.4 is 26.1 Å². The normalized spacial score (nSPS) is 10.3. The van der Waals surface area contributed by atoms with Crippen LogP contribution in [0, 0.1) is 0 Å². The standard InChI is InChI=1S/C16H20N4O4/c1-18-13-12(14(17)21)15(19-20(2)16(13)22)24-9-8-10-4-6-11(23-3)7-5-10/h4-7,18H,8-9H2,1-3H3,(H2,17,21). The lowest BCUT2D eigenvalue weighted by Crippen LogP contribution is -2.29. The van der Waals surface area contributed by atoms with E-state index < -0.39 is 11.5 Å². The molecule has 1 amide bonds. The molecule has 0 aliphatic carbocycles. The minimum atomic E-state index is -0.774. The van der Waals surface area contributed by atoms with Gasteiger partial charge in [0.25, 0.3) is 11.5 Å². The van der Waals surface area contributed by atoms with Gasteiger partial charge in [0.15, 0.2) is 0 Å². The fourth-order valence-electron chi connectivity index (χ4n) is 2.23. The molecular formula is C16H20N4O4. The van der Waals surface area contributed by atoms with Crippen molar-refractivity contribution in [2.45, 2.75) is 6.42 Å². The van der Waals surface area contributed by atoms with Crippen molar-refractivity contribution in [3.05, 3.63) is 45.7 Å². The van der Waals surface area contributed by atoms with Crippen molar-refractivity contribution < 1.29 is 14.3 Å². The first kappa shape index (κ1) is 17.3. The number of primary amides is 1. The second-order valence-electron chi connectivity index (χ2n) is 5.04. The fraction of sp³-hybridized carbons (Fsp3) is 0.312. The van der Waals surface area contributed by atoms with Crippen LogP contribution in [0.1, 0.15) is 15.9 Å². The van der Waals surface area contributed by atoms with Crippen molar-refractivity contribution in [2.75, 3.05) is 26.1 Å². The summed E-state index contributed by atoms with van der Waals surface area (Å²) in [4.78, 5) is 23.7. The summed E-state index contributed by atoms with van der Waals surface area (Å²) in [5, 5.41) is 6.66. The third-order valence-electron chi connectivity index (χ3n) is 3.50. The molecule has 0 saturated carbocycles. The minimum absolute atomic E-state index is 0.0301. The predicted molar refractivity (Wildman–Crippen MR) is 89.7 cm³/mol. The van der Waals surface area contributed by atoms with Gasteiger partial charge in [-0.15, -0.1) is 5.10 Å². The number of carbonyl (C=O) groups excluding carboxylic acids is 1. The van der Waals surface area contributed by atoms with Gasteiger partial charge >= 0.3 is 0 Å². The van der Waals surface area contributed by atoms with Gasteiger partial charge in [-0.1, -0.05) is 12.1 Å². The molecule has 0 bridgehead atoms. The number of anilines is 1. The molecule has 0 aliphatic heterocycles. The van der Waals surface area contributed by atoms with Crippen molar-refractivity contribution >= 4 is 11.6 Å². The molecule has 0 saturated heterocycles. The average molecular weight is 332 g/mol. The van der Waals surface area contributed by atoms with Crippen LogP contribution in [0.5, 0.6) is 11.6 Å². The quantitative estimate of drug-likeness (QED) is 0.766. The highest BCUT2D eigenvalue weighted by Crippen LogP contribution is 2.20. The average Bonchev–Trinajstić information content (AvgIpc) is 2.57. The van der Waals surface area contributed by atoms with Crippen molar-refractivity contribution in [2.24, 2.45) is 12.8 Å². The van der Waals surface area contributed by atoms with Crippen LogP contribution in [0.3, 0.4) is 0 Å². The highest BCUT2D eigenvalue weighted by molar-refractivity contribution is 6.00. The molecule has 24 heavy (non-hydrogen) atoms. The van der Waals surface area contributed by atoms with Gasteiger partial charge in [0.05, 0.1) is 13.7 Å². The second kappa shape index (κ2) is 7.49. The molecule has 0 spiro atoms. The minimum Gasteiger partial charge on any atom is -0.497 e. The zero-order chi connectivity index (χ0) is 17.7. The van der Waals surface area contributed by atoms with E-state index in [1.807, 2.05) is 24.3 Å². The van der Waals surface area contributed by atoms with E-state index in [1.165, 1.54) is 14.1 Å². The number of carbonyl (C=O) groups is 1. The van der Waals surface area contributed by atoms with Crippen LogP contribution >= 0.6 is 0 Å². The van der Waals surface area contributed by atoms with Gasteiger partial charge in [0, 0.05) is 20.5 Å². The third kappa shape index (κ3) is 3.65. The largest absolute Gasteiger partial charge is 0.497 e. The summed E-state index contributed by atoms with van der Waals surface area (Å²) in [5.41, 5.74) is 5.97. The van der Waals surface area contributed by atoms with Crippen LogP contribution in [0.25, 0.3) is 0 Å². The van der Waals surface area contributed by atoms with Gasteiger partial charge in [-0.2, -0.15) is 0 Å². The van der Waals surface area contributed by atoms with Crippen molar-refractivity contribution in [1.29, 1.82) is 0 Å². The highest BCUT2D eigenvalue weighted by Gasteiger charge is 2.21. The first-order valence-corrected chi connectivity index (χ1v) is 7.32. The molecule has 2 rings (SSSR count).